The van der Waals surface area contributed by atoms with Crippen LogP contribution in [0.25, 0.3) is 10.6 Å². The Balaban J connectivity index is 1.60. The molecule has 114 valence electrons. The van der Waals surface area contributed by atoms with Gasteiger partial charge in [0.25, 0.3) is 0 Å². The van der Waals surface area contributed by atoms with Gasteiger partial charge in [-0.2, -0.15) is 4.37 Å². The number of nitrogens with zero attached hydrogens (tertiary/aromatic N) is 4. The van der Waals surface area contributed by atoms with Crippen LogP contribution < -0.4 is 5.32 Å². The quantitative estimate of drug-likeness (QED) is 0.743. The first-order valence-corrected chi connectivity index (χ1v) is 8.74. The predicted molar refractivity (Wildman–Crippen MR) is 91.1 cm³/mol. The summed E-state index contributed by atoms with van der Waals surface area (Å²) in [5.74, 6) is 1.48. The number of hydrogen-bond donors (Lipinski definition) is 1. The van der Waals surface area contributed by atoms with Crippen LogP contribution in [0.1, 0.15) is 24.7 Å². The fourth-order valence-corrected chi connectivity index (χ4v) is 3.32. The summed E-state index contributed by atoms with van der Waals surface area (Å²) >= 11 is 2.99. The fraction of sp³-hybridized carbons (Fsp3) is 0.333. The zero-order chi connectivity index (χ0) is 15.4. The molecule has 0 radical (unpaired) electrons. The SMILES string of the molecule is CC(C)Cc1nsc(NCc2nnc(-c3ccccc3)s2)n1. The molecule has 2 heterocycles. The highest BCUT2D eigenvalue weighted by atomic mass is 32.1. The fourth-order valence-electron chi connectivity index (χ4n) is 1.95. The normalized spacial score (nSPS) is 11.0. The summed E-state index contributed by atoms with van der Waals surface area (Å²) in [7, 11) is 0. The largest absolute Gasteiger partial charge is 0.354 e. The van der Waals surface area contributed by atoms with Crippen molar-refractivity contribution in [3.05, 3.63) is 41.2 Å². The molecule has 0 unspecified atom stereocenters. The summed E-state index contributed by atoms with van der Waals surface area (Å²) in [4.78, 5) is 4.48. The molecule has 0 bridgehead atoms. The second kappa shape index (κ2) is 6.93. The summed E-state index contributed by atoms with van der Waals surface area (Å²) in [6, 6.07) is 10.1. The monoisotopic (exact) mass is 331 g/mol. The number of anilines is 1. The van der Waals surface area contributed by atoms with E-state index in [4.69, 9.17) is 0 Å². The van der Waals surface area contributed by atoms with E-state index in [1.807, 2.05) is 30.3 Å². The van der Waals surface area contributed by atoms with E-state index in [-0.39, 0.29) is 0 Å². The maximum absolute atomic E-state index is 4.48. The number of benzene rings is 1. The standard InChI is InChI=1S/C15H17N5S2/c1-10(2)8-12-17-15(22-20-12)16-9-13-18-19-14(21-13)11-6-4-3-5-7-11/h3-7,10H,8-9H2,1-2H3,(H,16,17,20). The Labute approximate surface area is 137 Å². The van der Waals surface area contributed by atoms with Crippen molar-refractivity contribution < 1.29 is 0 Å². The lowest BCUT2D eigenvalue weighted by molar-refractivity contribution is 0.627. The average Bonchev–Trinajstić information content (AvgIpc) is 3.15. The highest BCUT2D eigenvalue weighted by Crippen LogP contribution is 2.23. The van der Waals surface area contributed by atoms with Crippen LogP contribution in [0.3, 0.4) is 0 Å². The molecular weight excluding hydrogens is 314 g/mol. The van der Waals surface area contributed by atoms with Crippen LogP contribution in [0.15, 0.2) is 30.3 Å². The van der Waals surface area contributed by atoms with Gasteiger partial charge >= 0.3 is 0 Å². The van der Waals surface area contributed by atoms with Gasteiger partial charge in [0, 0.05) is 23.5 Å². The Kier molecular flexibility index (Phi) is 4.74. The summed E-state index contributed by atoms with van der Waals surface area (Å²) in [6.45, 7) is 4.96. The van der Waals surface area contributed by atoms with Gasteiger partial charge < -0.3 is 5.32 Å². The number of hydrogen-bond acceptors (Lipinski definition) is 7. The topological polar surface area (TPSA) is 63.6 Å². The smallest absolute Gasteiger partial charge is 0.202 e. The molecule has 0 aliphatic carbocycles. The summed E-state index contributed by atoms with van der Waals surface area (Å²) in [5, 5.41) is 14.5. The van der Waals surface area contributed by atoms with Crippen molar-refractivity contribution in [1.82, 2.24) is 19.6 Å². The van der Waals surface area contributed by atoms with E-state index in [0.717, 1.165) is 33.0 Å². The van der Waals surface area contributed by atoms with Gasteiger partial charge in [0.2, 0.25) is 5.13 Å². The lowest BCUT2D eigenvalue weighted by Crippen LogP contribution is -2.00. The Morgan fingerprint density at radius 2 is 1.95 bits per heavy atom. The van der Waals surface area contributed by atoms with E-state index in [1.165, 1.54) is 11.5 Å². The Hall–Kier alpha value is -1.86. The highest BCUT2D eigenvalue weighted by Gasteiger charge is 2.09. The average molecular weight is 331 g/mol. The summed E-state index contributed by atoms with van der Waals surface area (Å²) in [6.07, 6.45) is 0.912. The Morgan fingerprint density at radius 1 is 1.14 bits per heavy atom. The van der Waals surface area contributed by atoms with E-state index in [2.05, 4.69) is 38.7 Å². The molecule has 3 rings (SSSR count). The van der Waals surface area contributed by atoms with Crippen LogP contribution in [0, 0.1) is 5.92 Å². The number of rotatable bonds is 6. The van der Waals surface area contributed by atoms with E-state index in [1.54, 1.807) is 11.3 Å². The van der Waals surface area contributed by atoms with Gasteiger partial charge in [-0.3, -0.25) is 0 Å². The molecule has 1 N–H and O–H groups in total. The van der Waals surface area contributed by atoms with Gasteiger partial charge in [0.1, 0.15) is 15.8 Å². The maximum atomic E-state index is 4.48. The minimum absolute atomic E-state index is 0.569. The zero-order valence-corrected chi connectivity index (χ0v) is 14.1. The molecule has 1 aromatic carbocycles. The second-order valence-corrected chi connectivity index (χ2v) is 7.15. The van der Waals surface area contributed by atoms with E-state index >= 15 is 0 Å². The second-order valence-electron chi connectivity index (χ2n) is 5.33. The zero-order valence-electron chi connectivity index (χ0n) is 12.5. The molecule has 5 nitrogen and oxygen atoms in total. The molecule has 22 heavy (non-hydrogen) atoms. The first-order chi connectivity index (χ1) is 10.7. The van der Waals surface area contributed by atoms with Crippen molar-refractivity contribution in [2.24, 2.45) is 5.92 Å². The molecule has 0 aliphatic heterocycles. The molecule has 2 aromatic heterocycles. The van der Waals surface area contributed by atoms with Gasteiger partial charge in [0.05, 0.1) is 6.54 Å². The Morgan fingerprint density at radius 3 is 2.73 bits per heavy atom. The van der Waals surface area contributed by atoms with Crippen molar-refractivity contribution in [2.45, 2.75) is 26.8 Å². The molecule has 0 saturated heterocycles. The molecule has 0 atom stereocenters. The van der Waals surface area contributed by atoms with Gasteiger partial charge in [-0.25, -0.2) is 4.98 Å². The van der Waals surface area contributed by atoms with Crippen LogP contribution in [-0.4, -0.2) is 19.6 Å². The van der Waals surface area contributed by atoms with Gasteiger partial charge in [-0.05, 0) is 5.92 Å². The van der Waals surface area contributed by atoms with E-state index < -0.39 is 0 Å². The molecular formula is C15H17N5S2. The van der Waals surface area contributed by atoms with Gasteiger partial charge in [-0.15, -0.1) is 10.2 Å². The van der Waals surface area contributed by atoms with Crippen molar-refractivity contribution in [3.63, 3.8) is 0 Å². The van der Waals surface area contributed by atoms with Crippen LogP contribution in [0.2, 0.25) is 0 Å². The summed E-state index contributed by atoms with van der Waals surface area (Å²) < 4.78 is 4.36. The van der Waals surface area contributed by atoms with Crippen molar-refractivity contribution in [3.8, 4) is 10.6 Å². The van der Waals surface area contributed by atoms with Gasteiger partial charge in [0.15, 0.2) is 0 Å². The highest BCUT2D eigenvalue weighted by molar-refractivity contribution is 7.14. The molecule has 3 aromatic rings. The van der Waals surface area contributed by atoms with Crippen LogP contribution >= 0.6 is 22.9 Å². The Bertz CT molecular complexity index is 720. The molecule has 0 spiro atoms. The van der Waals surface area contributed by atoms with E-state index in [9.17, 15) is 0 Å². The van der Waals surface area contributed by atoms with Crippen LogP contribution in [-0.2, 0) is 13.0 Å². The van der Waals surface area contributed by atoms with E-state index in [0.29, 0.717) is 12.5 Å². The third kappa shape index (κ3) is 3.86. The number of nitrogens with one attached hydrogen (secondary N) is 1. The third-order valence-electron chi connectivity index (χ3n) is 2.94. The third-order valence-corrected chi connectivity index (χ3v) is 4.62. The molecule has 0 aliphatic rings. The van der Waals surface area contributed by atoms with Crippen molar-refractivity contribution in [1.29, 1.82) is 0 Å². The van der Waals surface area contributed by atoms with Gasteiger partial charge in [-0.1, -0.05) is 55.5 Å². The first kappa shape index (κ1) is 15.1. The minimum atomic E-state index is 0.569. The lowest BCUT2D eigenvalue weighted by Gasteiger charge is -1.98. The molecule has 0 fully saturated rings. The summed E-state index contributed by atoms with van der Waals surface area (Å²) in [5.41, 5.74) is 1.10. The number of aromatic nitrogens is 4. The van der Waals surface area contributed by atoms with Crippen LogP contribution in [0.4, 0.5) is 5.13 Å². The van der Waals surface area contributed by atoms with Crippen LogP contribution in [0.5, 0.6) is 0 Å². The maximum Gasteiger partial charge on any atom is 0.202 e. The van der Waals surface area contributed by atoms with Crippen molar-refractivity contribution >= 4 is 28.0 Å². The first-order valence-electron chi connectivity index (χ1n) is 7.15. The van der Waals surface area contributed by atoms with Crippen molar-refractivity contribution in [2.75, 3.05) is 5.32 Å². The molecule has 7 heteroatoms. The predicted octanol–water partition coefficient (Wildman–Crippen LogP) is 3.87. The molecule has 0 amide bonds. The lowest BCUT2D eigenvalue weighted by atomic mass is 10.1. The molecule has 0 saturated carbocycles. The minimum Gasteiger partial charge on any atom is -0.354 e.